The second-order valence-corrected chi connectivity index (χ2v) is 17.5. The molecule has 5 heterocycles. The second-order valence-electron chi connectivity index (χ2n) is 17.5. The SMILES string of the molecule is CC(C)(C)OC(=O)NCCOCCNC(=O)C1CNC(=O)c2ccc(n(OCc3ccccc3)c2=O)C(=O)NCCCNCCCCNCCCNC(=O)c2ccc(c(=O)n2OCc2ccccc2)C(=O)N1. The molecule has 1 atom stereocenters. The van der Waals surface area contributed by atoms with E-state index >= 15 is 0 Å². The number of aromatic nitrogens is 2. The van der Waals surface area contributed by atoms with Crippen molar-refractivity contribution < 1.29 is 47.9 Å². The van der Waals surface area contributed by atoms with E-state index in [1.807, 2.05) is 0 Å². The van der Waals surface area contributed by atoms with Crippen molar-refractivity contribution in [3.8, 4) is 0 Å². The Labute approximate surface area is 417 Å². The normalized spacial score (nSPS) is 16.0. The number of fused-ring (bicyclic) bond motifs is 2. The number of nitrogens with zero attached hydrogens (tertiary/aromatic N) is 2. The third kappa shape index (κ3) is 18.3. The number of benzene rings is 2. The summed E-state index contributed by atoms with van der Waals surface area (Å²) in [4.78, 5) is 120. The molecule has 0 saturated carbocycles. The Morgan fingerprint density at radius 1 is 0.569 bits per heavy atom. The molecule has 0 fully saturated rings. The highest BCUT2D eigenvalue weighted by molar-refractivity contribution is 6.00. The highest BCUT2D eigenvalue weighted by Gasteiger charge is 2.28. The van der Waals surface area contributed by atoms with E-state index in [4.69, 9.17) is 19.1 Å². The summed E-state index contributed by atoms with van der Waals surface area (Å²) >= 11 is 0. The van der Waals surface area contributed by atoms with Gasteiger partial charge >= 0.3 is 6.09 Å². The van der Waals surface area contributed by atoms with Crippen LogP contribution in [0, 0.1) is 0 Å². The Morgan fingerprint density at radius 2 is 1.04 bits per heavy atom. The fraction of sp³-hybridized carbons (Fsp3) is 0.440. The highest BCUT2D eigenvalue weighted by Crippen LogP contribution is 2.08. The van der Waals surface area contributed by atoms with Gasteiger partial charge in [-0.15, -0.1) is 9.46 Å². The van der Waals surface area contributed by atoms with E-state index in [0.29, 0.717) is 37.1 Å². The molecule has 6 amide bonds. The lowest BCUT2D eigenvalue weighted by molar-refractivity contribution is -0.123. The van der Waals surface area contributed by atoms with Gasteiger partial charge in [0.05, 0.1) is 13.2 Å². The standard InChI is InChI=1S/C50H66N10O12/c1-50(2,3)72-49(68)56-29-31-69-30-28-55-44(63)39-32-57-42(61)37-18-20-40(59(47(37)66)70-33-35-14-6-4-7-15-35)45(64)53-26-12-24-51-22-10-11-23-52-25-13-27-54-46(65)41-21-19-38(43(62)58-39)48(67)60(41)71-34-36-16-8-5-9-17-36/h4-9,14-21,39,51-52H,10-13,22-34H2,1-3H3,(H,53,64)(H,54,65)(H,55,63)(H,56,68)(H,57,61)(H,58,62). The molecule has 7 rings (SSSR count). The maximum absolute atomic E-state index is 14.1. The molecule has 1 unspecified atom stereocenters. The van der Waals surface area contributed by atoms with Crippen LogP contribution in [0.2, 0.25) is 0 Å². The molecule has 0 spiro atoms. The Kier molecular flexibility index (Phi) is 22.3. The fourth-order valence-corrected chi connectivity index (χ4v) is 6.91. The van der Waals surface area contributed by atoms with Gasteiger partial charge in [0.1, 0.15) is 47.4 Å². The first-order chi connectivity index (χ1) is 34.7. The molecule has 22 nitrogen and oxygen atoms in total. The van der Waals surface area contributed by atoms with E-state index in [1.165, 1.54) is 12.1 Å². The maximum atomic E-state index is 14.1. The van der Waals surface area contributed by atoms with Crippen molar-refractivity contribution in [2.45, 2.75) is 71.3 Å². The van der Waals surface area contributed by atoms with Gasteiger partial charge in [-0.05, 0) is 108 Å². The number of nitrogens with one attached hydrogen (secondary N) is 8. The second kappa shape index (κ2) is 28.9. The number of ether oxygens (including phenoxy) is 2. The molecule has 388 valence electrons. The van der Waals surface area contributed by atoms with Gasteiger partial charge in [0, 0.05) is 32.7 Å². The number of hydrogen-bond donors (Lipinski definition) is 8. The van der Waals surface area contributed by atoms with E-state index in [0.717, 1.165) is 47.5 Å². The van der Waals surface area contributed by atoms with Crippen molar-refractivity contribution >= 4 is 35.6 Å². The van der Waals surface area contributed by atoms with Gasteiger partial charge in [0.2, 0.25) is 5.91 Å². The molecule has 72 heavy (non-hydrogen) atoms. The fourth-order valence-electron chi connectivity index (χ4n) is 6.91. The molecule has 4 aromatic rings. The van der Waals surface area contributed by atoms with Crippen LogP contribution < -0.4 is 63.3 Å². The minimum absolute atomic E-state index is 0.0302. The first kappa shape index (κ1) is 55.4. The number of rotatable bonds is 13. The van der Waals surface area contributed by atoms with Crippen LogP contribution in [0.4, 0.5) is 4.79 Å². The van der Waals surface area contributed by atoms with Gasteiger partial charge in [-0.25, -0.2) is 4.79 Å². The maximum Gasteiger partial charge on any atom is 0.407 e. The molecule has 8 N–H and O–H groups in total. The summed E-state index contributed by atoms with van der Waals surface area (Å²) in [5.74, 6) is -4.10. The average Bonchev–Trinajstić information content (AvgIpc) is 3.35. The van der Waals surface area contributed by atoms with Gasteiger partial charge in [0.25, 0.3) is 34.7 Å². The smallest absolute Gasteiger partial charge is 0.407 e. The summed E-state index contributed by atoms with van der Waals surface area (Å²) in [6.07, 6.45) is 2.35. The molecule has 22 heteroatoms. The highest BCUT2D eigenvalue weighted by atomic mass is 16.7. The van der Waals surface area contributed by atoms with Gasteiger partial charge in [0.15, 0.2) is 0 Å². The van der Waals surface area contributed by atoms with E-state index < -0.39 is 76.1 Å². The van der Waals surface area contributed by atoms with Crippen LogP contribution in [0.3, 0.4) is 0 Å². The van der Waals surface area contributed by atoms with Crippen LogP contribution in [0.5, 0.6) is 0 Å². The zero-order valence-electron chi connectivity index (χ0n) is 41.0. The first-order valence-corrected chi connectivity index (χ1v) is 24.0. The first-order valence-electron chi connectivity index (χ1n) is 24.0. The van der Waals surface area contributed by atoms with E-state index in [2.05, 4.69) is 42.5 Å². The van der Waals surface area contributed by atoms with Crippen molar-refractivity contribution in [3.63, 3.8) is 0 Å². The summed E-state index contributed by atoms with van der Waals surface area (Å²) in [6, 6.07) is 21.0. The lowest BCUT2D eigenvalue weighted by atomic mass is 10.1. The van der Waals surface area contributed by atoms with Crippen molar-refractivity contribution in [2.75, 3.05) is 72.1 Å². The topological polar surface area (TPSA) is 280 Å². The molecule has 0 saturated heterocycles. The molecule has 0 radical (unpaired) electrons. The molecule has 3 aliphatic heterocycles. The Bertz CT molecular complexity index is 2550. The quantitative estimate of drug-likeness (QED) is 0.0856. The molecule has 3 aliphatic rings. The number of carbonyl (C=O) groups is 6. The minimum Gasteiger partial charge on any atom is -0.444 e. The Morgan fingerprint density at radius 3 is 1.54 bits per heavy atom. The molecule has 4 bridgehead atoms. The van der Waals surface area contributed by atoms with E-state index in [9.17, 15) is 38.4 Å². The van der Waals surface area contributed by atoms with Crippen LogP contribution in [-0.4, -0.2) is 129 Å². The van der Waals surface area contributed by atoms with E-state index in [-0.39, 0.29) is 64.0 Å². The average molecular weight is 999 g/mol. The number of alkyl carbamates (subject to hydrolysis) is 1. The van der Waals surface area contributed by atoms with Gasteiger partial charge < -0.3 is 61.7 Å². The predicted octanol–water partition coefficient (Wildman–Crippen LogP) is 0.666. The number of carbonyl (C=O) groups excluding carboxylic acids is 6. The van der Waals surface area contributed by atoms with E-state index in [1.54, 1.807) is 81.4 Å². The van der Waals surface area contributed by atoms with Crippen LogP contribution in [-0.2, 0) is 27.5 Å². The third-order valence-corrected chi connectivity index (χ3v) is 10.6. The lowest BCUT2D eigenvalue weighted by Crippen LogP contribution is -2.54. The molecule has 0 aliphatic carbocycles. The molecular weight excluding hydrogens is 933 g/mol. The van der Waals surface area contributed by atoms with Crippen molar-refractivity contribution in [1.29, 1.82) is 0 Å². The van der Waals surface area contributed by atoms with Gasteiger partial charge in [-0.2, -0.15) is 0 Å². The van der Waals surface area contributed by atoms with Crippen molar-refractivity contribution in [3.05, 3.63) is 139 Å². The third-order valence-electron chi connectivity index (χ3n) is 10.6. The number of hydrogen-bond acceptors (Lipinski definition) is 14. The van der Waals surface area contributed by atoms with Gasteiger partial charge in [-0.3, -0.25) is 33.6 Å². The monoisotopic (exact) mass is 998 g/mol. The minimum atomic E-state index is -1.57. The zero-order valence-corrected chi connectivity index (χ0v) is 41.0. The molecule has 2 aromatic heterocycles. The van der Waals surface area contributed by atoms with Crippen molar-refractivity contribution in [1.82, 2.24) is 52.0 Å². The Hall–Kier alpha value is -7.56. The lowest BCUT2D eigenvalue weighted by Gasteiger charge is -2.20. The Balaban J connectivity index is 1.41. The van der Waals surface area contributed by atoms with Crippen LogP contribution >= 0.6 is 0 Å². The summed E-state index contributed by atoms with van der Waals surface area (Å²) in [5, 5.41) is 22.5. The van der Waals surface area contributed by atoms with Crippen molar-refractivity contribution in [2.24, 2.45) is 0 Å². The van der Waals surface area contributed by atoms with Gasteiger partial charge in [-0.1, -0.05) is 60.7 Å². The summed E-state index contributed by atoms with van der Waals surface area (Å²) in [5.41, 5.74) is -2.64. The zero-order chi connectivity index (χ0) is 51.7. The molecule has 2 aromatic carbocycles. The van der Waals surface area contributed by atoms with Crippen LogP contribution in [0.25, 0.3) is 0 Å². The molecular formula is C50H66N10O12. The largest absolute Gasteiger partial charge is 0.444 e. The summed E-state index contributed by atoms with van der Waals surface area (Å²) in [7, 11) is 0. The number of amides is 6. The van der Waals surface area contributed by atoms with Crippen LogP contribution in [0.15, 0.2) is 94.5 Å². The summed E-state index contributed by atoms with van der Waals surface area (Å²) in [6.45, 7) is 7.67. The van der Waals surface area contributed by atoms with Crippen LogP contribution in [0.1, 0.15) is 99.3 Å². The predicted molar refractivity (Wildman–Crippen MR) is 265 cm³/mol. The summed E-state index contributed by atoms with van der Waals surface area (Å²) < 4.78 is 12.2. The number of pyridine rings is 2.